The molecule has 0 saturated heterocycles. The number of ether oxygens (including phenoxy) is 3. The van der Waals surface area contributed by atoms with E-state index in [9.17, 15) is 4.79 Å². The number of carbonyl (C=O) groups excluding carboxylic acids is 1. The van der Waals surface area contributed by atoms with E-state index in [0.717, 1.165) is 17.6 Å². The van der Waals surface area contributed by atoms with E-state index in [0.29, 0.717) is 30.3 Å². The third kappa shape index (κ3) is 3.10. The minimum Gasteiger partial charge on any atom is -0.496 e. The highest BCUT2D eigenvalue weighted by molar-refractivity contribution is 5.80. The smallest absolute Gasteiger partial charge is 0.317 e. The number of urea groups is 1. The number of hydrogen-bond donors (Lipinski definition) is 1. The van der Waals surface area contributed by atoms with Gasteiger partial charge in [-0.3, -0.25) is 0 Å². The van der Waals surface area contributed by atoms with Gasteiger partial charge in [0.2, 0.25) is 0 Å². The van der Waals surface area contributed by atoms with Crippen LogP contribution in [0, 0.1) is 0 Å². The Morgan fingerprint density at radius 1 is 1.14 bits per heavy atom. The fourth-order valence-electron chi connectivity index (χ4n) is 2.56. The number of carbonyl (C=O) groups is 1. The summed E-state index contributed by atoms with van der Waals surface area (Å²) in [5.74, 6) is 2.09. The third-order valence-corrected chi connectivity index (χ3v) is 3.75. The van der Waals surface area contributed by atoms with Crippen LogP contribution in [0.4, 0.5) is 4.79 Å². The molecule has 120 valence electrons. The average molecular weight is 306 g/mol. The Labute approximate surface area is 130 Å². The van der Waals surface area contributed by atoms with Crippen molar-refractivity contribution >= 4 is 11.6 Å². The van der Waals surface area contributed by atoms with Crippen LogP contribution in [0.3, 0.4) is 0 Å². The molecule has 0 atom stereocenters. The largest absolute Gasteiger partial charge is 0.496 e. The summed E-state index contributed by atoms with van der Waals surface area (Å²) in [5, 5.41) is 2.64. The standard InChI is InChI=1S/C16H22N2O4/c1-17-16(19)18-7-5-11(6-8-18)15-13(21-3)9-12(20-2)10-14(15)22-4/h5,9-10H,6-8H2,1-4H3,(H,17,19). The van der Waals surface area contributed by atoms with E-state index in [1.807, 2.05) is 18.2 Å². The molecule has 1 aromatic rings. The summed E-state index contributed by atoms with van der Waals surface area (Å²) in [6.07, 6.45) is 2.78. The second-order valence-corrected chi connectivity index (χ2v) is 4.89. The molecule has 0 aromatic heterocycles. The maximum atomic E-state index is 11.7. The van der Waals surface area contributed by atoms with Gasteiger partial charge in [0, 0.05) is 32.3 Å². The number of rotatable bonds is 4. The molecule has 0 fully saturated rings. The van der Waals surface area contributed by atoms with E-state index in [1.54, 1.807) is 33.3 Å². The molecule has 0 spiro atoms. The van der Waals surface area contributed by atoms with Crippen molar-refractivity contribution in [1.29, 1.82) is 0 Å². The Kier molecular flexibility index (Phi) is 5.14. The van der Waals surface area contributed by atoms with E-state index in [2.05, 4.69) is 5.32 Å². The van der Waals surface area contributed by atoms with Gasteiger partial charge in [0.1, 0.15) is 17.2 Å². The third-order valence-electron chi connectivity index (χ3n) is 3.75. The summed E-state index contributed by atoms with van der Waals surface area (Å²) < 4.78 is 16.2. The van der Waals surface area contributed by atoms with Gasteiger partial charge in [-0.15, -0.1) is 0 Å². The average Bonchev–Trinajstić information content (AvgIpc) is 2.59. The first kappa shape index (κ1) is 16.0. The van der Waals surface area contributed by atoms with E-state index < -0.39 is 0 Å². The highest BCUT2D eigenvalue weighted by Gasteiger charge is 2.22. The second kappa shape index (κ2) is 7.06. The van der Waals surface area contributed by atoms with Crippen molar-refractivity contribution in [2.45, 2.75) is 6.42 Å². The van der Waals surface area contributed by atoms with E-state index >= 15 is 0 Å². The van der Waals surface area contributed by atoms with Crippen molar-refractivity contribution in [1.82, 2.24) is 10.2 Å². The molecule has 2 amide bonds. The second-order valence-electron chi connectivity index (χ2n) is 4.89. The highest BCUT2D eigenvalue weighted by Crippen LogP contribution is 2.40. The summed E-state index contributed by atoms with van der Waals surface area (Å²) in [5.41, 5.74) is 2.03. The van der Waals surface area contributed by atoms with Gasteiger partial charge in [-0.05, 0) is 12.0 Å². The molecule has 0 radical (unpaired) electrons. The Morgan fingerprint density at radius 3 is 2.18 bits per heavy atom. The van der Waals surface area contributed by atoms with E-state index in [-0.39, 0.29) is 6.03 Å². The maximum absolute atomic E-state index is 11.7. The van der Waals surface area contributed by atoms with Crippen LogP contribution in [0.2, 0.25) is 0 Å². The lowest BCUT2D eigenvalue weighted by Crippen LogP contribution is -2.40. The minimum atomic E-state index is -0.0658. The number of nitrogens with one attached hydrogen (secondary N) is 1. The lowest BCUT2D eigenvalue weighted by atomic mass is 9.97. The van der Waals surface area contributed by atoms with Gasteiger partial charge in [0.25, 0.3) is 0 Å². The van der Waals surface area contributed by atoms with Gasteiger partial charge < -0.3 is 24.4 Å². The quantitative estimate of drug-likeness (QED) is 0.926. The number of benzene rings is 1. The fraction of sp³-hybridized carbons (Fsp3) is 0.438. The molecule has 6 heteroatoms. The van der Waals surface area contributed by atoms with Gasteiger partial charge >= 0.3 is 6.03 Å². The van der Waals surface area contributed by atoms with Gasteiger partial charge in [0.05, 0.1) is 26.9 Å². The summed E-state index contributed by atoms with van der Waals surface area (Å²) in [7, 11) is 6.49. The van der Waals surface area contributed by atoms with E-state index in [1.165, 1.54) is 0 Å². The van der Waals surface area contributed by atoms with Gasteiger partial charge in [0.15, 0.2) is 0 Å². The van der Waals surface area contributed by atoms with Crippen LogP contribution in [0.25, 0.3) is 5.57 Å². The molecule has 0 bridgehead atoms. The molecule has 1 heterocycles. The zero-order chi connectivity index (χ0) is 16.1. The Hall–Kier alpha value is -2.37. The molecule has 0 unspecified atom stereocenters. The van der Waals surface area contributed by atoms with Crippen molar-refractivity contribution in [3.8, 4) is 17.2 Å². The molecule has 1 N–H and O–H groups in total. The minimum absolute atomic E-state index is 0.0658. The molecule has 1 aliphatic rings. The first-order valence-corrected chi connectivity index (χ1v) is 7.10. The van der Waals surface area contributed by atoms with Crippen LogP contribution in [-0.4, -0.2) is 52.4 Å². The lowest BCUT2D eigenvalue weighted by molar-refractivity contribution is 0.205. The molecule has 2 rings (SSSR count). The number of methoxy groups -OCH3 is 3. The SMILES string of the molecule is CNC(=O)N1CC=C(c2c(OC)cc(OC)cc2OC)CC1. The summed E-state index contributed by atoms with van der Waals surface area (Å²) >= 11 is 0. The van der Waals surface area contributed by atoms with Crippen molar-refractivity contribution in [3.63, 3.8) is 0 Å². The predicted octanol–water partition coefficient (Wildman–Crippen LogP) is 2.14. The van der Waals surface area contributed by atoms with Crippen LogP contribution < -0.4 is 19.5 Å². The lowest BCUT2D eigenvalue weighted by Gasteiger charge is -2.27. The van der Waals surface area contributed by atoms with Crippen LogP contribution in [0.1, 0.15) is 12.0 Å². The van der Waals surface area contributed by atoms with Crippen LogP contribution in [-0.2, 0) is 0 Å². The van der Waals surface area contributed by atoms with Crippen molar-refractivity contribution < 1.29 is 19.0 Å². The molecule has 0 aliphatic carbocycles. The van der Waals surface area contributed by atoms with Crippen LogP contribution in [0.15, 0.2) is 18.2 Å². The Balaban J connectivity index is 2.36. The number of amides is 2. The summed E-state index contributed by atoms with van der Waals surface area (Å²) in [6, 6.07) is 3.61. The molecule has 1 aromatic carbocycles. The zero-order valence-electron chi connectivity index (χ0n) is 13.4. The molecule has 1 aliphatic heterocycles. The molecular weight excluding hydrogens is 284 g/mol. The van der Waals surface area contributed by atoms with Crippen molar-refractivity contribution in [2.24, 2.45) is 0 Å². The molecule has 22 heavy (non-hydrogen) atoms. The number of hydrogen-bond acceptors (Lipinski definition) is 4. The Morgan fingerprint density at radius 2 is 1.77 bits per heavy atom. The van der Waals surface area contributed by atoms with Crippen molar-refractivity contribution in [3.05, 3.63) is 23.8 Å². The first-order chi connectivity index (χ1) is 10.6. The number of nitrogens with zero attached hydrogens (tertiary/aromatic N) is 1. The summed E-state index contributed by atoms with van der Waals surface area (Å²) in [4.78, 5) is 13.4. The highest BCUT2D eigenvalue weighted by atomic mass is 16.5. The normalized spacial score (nSPS) is 14.2. The first-order valence-electron chi connectivity index (χ1n) is 7.10. The monoisotopic (exact) mass is 306 g/mol. The molecular formula is C16H22N2O4. The van der Waals surface area contributed by atoms with Gasteiger partial charge in [-0.2, -0.15) is 0 Å². The van der Waals surface area contributed by atoms with Gasteiger partial charge in [-0.25, -0.2) is 4.79 Å². The summed E-state index contributed by atoms with van der Waals surface area (Å²) in [6.45, 7) is 1.22. The van der Waals surface area contributed by atoms with Gasteiger partial charge in [-0.1, -0.05) is 6.08 Å². The van der Waals surface area contributed by atoms with E-state index in [4.69, 9.17) is 14.2 Å². The maximum Gasteiger partial charge on any atom is 0.317 e. The van der Waals surface area contributed by atoms with Crippen LogP contribution in [0.5, 0.6) is 17.2 Å². The zero-order valence-corrected chi connectivity index (χ0v) is 13.4. The fourth-order valence-corrected chi connectivity index (χ4v) is 2.56. The Bertz CT molecular complexity index is 559. The molecule has 0 saturated carbocycles. The topological polar surface area (TPSA) is 60.0 Å². The van der Waals surface area contributed by atoms with Crippen molar-refractivity contribution in [2.75, 3.05) is 41.5 Å². The predicted molar refractivity (Wildman–Crippen MR) is 84.7 cm³/mol. The van der Waals surface area contributed by atoms with Crippen LogP contribution >= 0.6 is 0 Å². The molecule has 6 nitrogen and oxygen atoms in total.